The molecule has 0 radical (unpaired) electrons. The van der Waals surface area contributed by atoms with Crippen molar-refractivity contribution in [3.8, 4) is 0 Å². The predicted octanol–water partition coefficient (Wildman–Crippen LogP) is 2.34. The Morgan fingerprint density at radius 2 is 2.24 bits per heavy atom. The molecule has 90 valence electrons. The van der Waals surface area contributed by atoms with Crippen LogP contribution in [-0.4, -0.2) is 26.0 Å². The zero-order chi connectivity index (χ0) is 11.9. The Kier molecular flexibility index (Phi) is 2.28. The standard InChI is InChI=1S/C12H17N5/c1-12(2)5-3-4-8(12)17-11-9-10(14-6-13-9)15-7-16-11/h6-8H,3-5H2,1-2H3,(H2,13,14,15,16,17). The lowest BCUT2D eigenvalue weighted by molar-refractivity contribution is 0.349. The monoisotopic (exact) mass is 231 g/mol. The molecule has 5 nitrogen and oxygen atoms in total. The molecular formula is C12H17N5. The third-order valence-electron chi connectivity index (χ3n) is 3.79. The number of imidazole rings is 1. The molecular weight excluding hydrogens is 214 g/mol. The van der Waals surface area contributed by atoms with Gasteiger partial charge in [0.05, 0.1) is 6.33 Å². The summed E-state index contributed by atoms with van der Waals surface area (Å²) in [5.74, 6) is 0.868. The van der Waals surface area contributed by atoms with Gasteiger partial charge in [-0.05, 0) is 18.3 Å². The minimum atomic E-state index is 0.331. The lowest BCUT2D eigenvalue weighted by Gasteiger charge is -2.28. The maximum Gasteiger partial charge on any atom is 0.182 e. The molecule has 17 heavy (non-hydrogen) atoms. The molecule has 5 heteroatoms. The molecule has 2 aromatic heterocycles. The van der Waals surface area contributed by atoms with Crippen molar-refractivity contribution < 1.29 is 0 Å². The number of hydrogen-bond donors (Lipinski definition) is 2. The van der Waals surface area contributed by atoms with E-state index < -0.39 is 0 Å². The van der Waals surface area contributed by atoms with Crippen LogP contribution in [-0.2, 0) is 0 Å². The smallest absolute Gasteiger partial charge is 0.182 e. The maximum atomic E-state index is 4.31. The first-order valence-electron chi connectivity index (χ1n) is 6.07. The van der Waals surface area contributed by atoms with Crippen molar-refractivity contribution in [1.82, 2.24) is 19.9 Å². The van der Waals surface area contributed by atoms with Gasteiger partial charge in [-0.2, -0.15) is 0 Å². The number of H-pyrrole nitrogens is 1. The van der Waals surface area contributed by atoms with Crippen molar-refractivity contribution in [2.75, 3.05) is 5.32 Å². The largest absolute Gasteiger partial charge is 0.365 e. The fourth-order valence-electron chi connectivity index (χ4n) is 2.63. The van der Waals surface area contributed by atoms with Crippen LogP contribution in [0.5, 0.6) is 0 Å². The molecule has 1 aliphatic carbocycles. The van der Waals surface area contributed by atoms with Crippen molar-refractivity contribution in [2.45, 2.75) is 39.2 Å². The second kappa shape index (κ2) is 3.68. The van der Waals surface area contributed by atoms with Crippen LogP contribution in [0, 0.1) is 5.41 Å². The first-order chi connectivity index (χ1) is 8.17. The normalized spacial score (nSPS) is 23.1. The summed E-state index contributed by atoms with van der Waals surface area (Å²) >= 11 is 0. The Balaban J connectivity index is 1.92. The molecule has 0 bridgehead atoms. The van der Waals surface area contributed by atoms with Crippen molar-refractivity contribution in [3.63, 3.8) is 0 Å². The zero-order valence-corrected chi connectivity index (χ0v) is 10.2. The van der Waals surface area contributed by atoms with E-state index in [2.05, 4.69) is 39.1 Å². The van der Waals surface area contributed by atoms with Crippen LogP contribution in [0.25, 0.3) is 11.2 Å². The van der Waals surface area contributed by atoms with E-state index >= 15 is 0 Å². The van der Waals surface area contributed by atoms with E-state index in [0.717, 1.165) is 17.0 Å². The molecule has 1 unspecified atom stereocenters. The molecule has 3 rings (SSSR count). The minimum Gasteiger partial charge on any atom is -0.365 e. The van der Waals surface area contributed by atoms with Gasteiger partial charge in [0.2, 0.25) is 0 Å². The topological polar surface area (TPSA) is 66.5 Å². The van der Waals surface area contributed by atoms with E-state index in [-0.39, 0.29) is 0 Å². The van der Waals surface area contributed by atoms with Crippen LogP contribution in [0.15, 0.2) is 12.7 Å². The van der Waals surface area contributed by atoms with E-state index in [1.165, 1.54) is 19.3 Å². The number of nitrogens with zero attached hydrogens (tertiary/aromatic N) is 3. The predicted molar refractivity (Wildman–Crippen MR) is 66.7 cm³/mol. The fourth-order valence-corrected chi connectivity index (χ4v) is 2.63. The molecule has 1 saturated carbocycles. The number of aromatic amines is 1. The molecule has 1 aliphatic rings. The lowest BCUT2D eigenvalue weighted by Crippen LogP contribution is -2.31. The van der Waals surface area contributed by atoms with Gasteiger partial charge in [0.25, 0.3) is 0 Å². The van der Waals surface area contributed by atoms with Gasteiger partial charge in [0.1, 0.15) is 11.8 Å². The number of hydrogen-bond acceptors (Lipinski definition) is 4. The van der Waals surface area contributed by atoms with E-state index in [1.54, 1.807) is 12.7 Å². The zero-order valence-electron chi connectivity index (χ0n) is 10.2. The third-order valence-corrected chi connectivity index (χ3v) is 3.79. The Labute approximate surface area is 100 Å². The minimum absolute atomic E-state index is 0.331. The van der Waals surface area contributed by atoms with Gasteiger partial charge in [-0.3, -0.25) is 0 Å². The molecule has 0 amide bonds. The van der Waals surface area contributed by atoms with Gasteiger partial charge in [-0.25, -0.2) is 15.0 Å². The molecule has 0 aliphatic heterocycles. The molecule has 1 atom stereocenters. The van der Waals surface area contributed by atoms with E-state index in [4.69, 9.17) is 0 Å². The van der Waals surface area contributed by atoms with Crippen molar-refractivity contribution in [2.24, 2.45) is 5.41 Å². The fraction of sp³-hybridized carbons (Fsp3) is 0.583. The summed E-state index contributed by atoms with van der Waals surface area (Å²) in [6.07, 6.45) is 6.97. The first-order valence-corrected chi connectivity index (χ1v) is 6.07. The second-order valence-corrected chi connectivity index (χ2v) is 5.40. The summed E-state index contributed by atoms with van der Waals surface area (Å²) in [5.41, 5.74) is 1.95. The van der Waals surface area contributed by atoms with Gasteiger partial charge >= 0.3 is 0 Å². The van der Waals surface area contributed by atoms with Crippen LogP contribution in [0.3, 0.4) is 0 Å². The summed E-state index contributed by atoms with van der Waals surface area (Å²) in [7, 11) is 0. The second-order valence-electron chi connectivity index (χ2n) is 5.40. The third kappa shape index (κ3) is 1.75. The van der Waals surface area contributed by atoms with Crippen LogP contribution in [0.1, 0.15) is 33.1 Å². The van der Waals surface area contributed by atoms with Crippen molar-refractivity contribution >= 4 is 17.0 Å². The van der Waals surface area contributed by atoms with Gasteiger partial charge in [0, 0.05) is 6.04 Å². The quantitative estimate of drug-likeness (QED) is 0.832. The van der Waals surface area contributed by atoms with Crippen molar-refractivity contribution in [1.29, 1.82) is 0 Å². The highest BCUT2D eigenvalue weighted by atomic mass is 15.1. The van der Waals surface area contributed by atoms with E-state index in [1.807, 2.05) is 0 Å². The number of nitrogens with one attached hydrogen (secondary N) is 2. The number of aromatic nitrogens is 4. The molecule has 2 aromatic rings. The van der Waals surface area contributed by atoms with Gasteiger partial charge in [0.15, 0.2) is 11.5 Å². The van der Waals surface area contributed by atoms with Crippen molar-refractivity contribution in [3.05, 3.63) is 12.7 Å². The molecule has 0 saturated heterocycles. The van der Waals surface area contributed by atoms with Crippen LogP contribution >= 0.6 is 0 Å². The van der Waals surface area contributed by atoms with Crippen LogP contribution < -0.4 is 5.32 Å². The van der Waals surface area contributed by atoms with Crippen LogP contribution in [0.2, 0.25) is 0 Å². The Morgan fingerprint density at radius 1 is 1.35 bits per heavy atom. The molecule has 2 heterocycles. The van der Waals surface area contributed by atoms with Gasteiger partial charge in [-0.1, -0.05) is 20.3 Å². The summed E-state index contributed by atoms with van der Waals surface area (Å²) < 4.78 is 0. The Hall–Kier alpha value is -1.65. The average molecular weight is 231 g/mol. The highest BCUT2D eigenvalue weighted by Crippen LogP contribution is 2.39. The Morgan fingerprint density at radius 3 is 3.00 bits per heavy atom. The molecule has 1 fully saturated rings. The number of rotatable bonds is 2. The highest BCUT2D eigenvalue weighted by Gasteiger charge is 2.34. The lowest BCUT2D eigenvalue weighted by atomic mass is 9.87. The Bertz CT molecular complexity index is 530. The highest BCUT2D eigenvalue weighted by molar-refractivity contribution is 5.82. The molecule has 0 aromatic carbocycles. The van der Waals surface area contributed by atoms with E-state index in [0.29, 0.717) is 11.5 Å². The summed E-state index contributed by atoms with van der Waals surface area (Å²) in [5, 5.41) is 3.54. The van der Waals surface area contributed by atoms with Crippen LogP contribution in [0.4, 0.5) is 5.82 Å². The van der Waals surface area contributed by atoms with E-state index in [9.17, 15) is 0 Å². The number of fused-ring (bicyclic) bond motifs is 1. The first kappa shape index (κ1) is 10.5. The molecule has 0 spiro atoms. The summed E-state index contributed by atoms with van der Waals surface area (Å²) in [6, 6.07) is 0.476. The molecule has 2 N–H and O–H groups in total. The maximum absolute atomic E-state index is 4.31. The summed E-state index contributed by atoms with van der Waals surface area (Å²) in [4.78, 5) is 15.7. The van der Waals surface area contributed by atoms with Gasteiger partial charge in [-0.15, -0.1) is 0 Å². The van der Waals surface area contributed by atoms with Gasteiger partial charge < -0.3 is 10.3 Å². The SMILES string of the molecule is CC1(C)CCCC1Nc1ncnc2nc[nH]c12. The number of anilines is 1. The average Bonchev–Trinajstić information content (AvgIpc) is 2.86. The summed E-state index contributed by atoms with van der Waals surface area (Å²) in [6.45, 7) is 4.62.